The summed E-state index contributed by atoms with van der Waals surface area (Å²) in [6, 6.07) is -1.92. The lowest BCUT2D eigenvalue weighted by atomic mass is 9.87. The summed E-state index contributed by atoms with van der Waals surface area (Å²) in [5, 5.41) is 2.67. The van der Waals surface area contributed by atoms with Gasteiger partial charge in [0.2, 0.25) is 17.7 Å². The normalized spacial score (nSPS) is 27.5. The van der Waals surface area contributed by atoms with Gasteiger partial charge in [-0.25, -0.2) is 4.79 Å². The molecule has 2 saturated heterocycles. The molecule has 5 amide bonds. The molecule has 1 saturated carbocycles. The number of hydrogen-bond donors (Lipinski definition) is 3. The van der Waals surface area contributed by atoms with Crippen LogP contribution in [-0.4, -0.2) is 77.3 Å². The maximum absolute atomic E-state index is 13.4. The van der Waals surface area contributed by atoms with Crippen LogP contribution in [0.25, 0.3) is 0 Å². The summed E-state index contributed by atoms with van der Waals surface area (Å²) in [6.45, 7) is 10.1. The monoisotopic (exact) mass is 465 g/mol. The standard InChI is InChI=1S/C22H35N5O6/c1-21(2,3)16(33-20(24)32)19(31)27-9-11-14(22(11,4)5)15(27)18(30)25-12(17(23)29)10-26-8-6-7-13(26)28/h11-12,14-16H,6-10H2,1-5H3,(H2,23,29)(H2,24,32)(H,25,30)/t11-,12?,14-,15-,16+/m0/s1. The summed E-state index contributed by atoms with van der Waals surface area (Å²) in [5.41, 5.74) is 9.80. The number of carbonyl (C=O) groups excluding carboxylic acids is 5. The Labute approximate surface area is 193 Å². The molecule has 2 heterocycles. The van der Waals surface area contributed by atoms with Crippen LogP contribution in [0.15, 0.2) is 0 Å². The first kappa shape index (κ1) is 24.8. The number of primary amides is 2. The summed E-state index contributed by atoms with van der Waals surface area (Å²) in [5.74, 6) is -1.88. The van der Waals surface area contributed by atoms with Crippen molar-refractivity contribution in [2.45, 2.75) is 65.6 Å². The highest BCUT2D eigenvalue weighted by molar-refractivity contribution is 5.95. The molecule has 11 heteroatoms. The van der Waals surface area contributed by atoms with Crippen LogP contribution in [0, 0.1) is 22.7 Å². The van der Waals surface area contributed by atoms with E-state index in [1.807, 2.05) is 13.8 Å². The lowest BCUT2D eigenvalue weighted by Gasteiger charge is -2.36. The van der Waals surface area contributed by atoms with Crippen molar-refractivity contribution in [1.29, 1.82) is 0 Å². The maximum Gasteiger partial charge on any atom is 0.405 e. The SMILES string of the molecule is CC(C)(C)[C@H](OC(N)=O)C(=O)N1C[C@H]2[C@@H]([C@H]1C(=O)NC(CN1CCCC1=O)C(N)=O)C2(C)C. The maximum atomic E-state index is 13.4. The highest BCUT2D eigenvalue weighted by Gasteiger charge is 2.70. The number of ether oxygens (including phenoxy) is 1. The predicted octanol–water partition coefficient (Wildman–Crippen LogP) is -0.428. The Morgan fingerprint density at radius 1 is 1.21 bits per heavy atom. The summed E-state index contributed by atoms with van der Waals surface area (Å²) < 4.78 is 5.14. The number of likely N-dealkylation sites (tertiary alicyclic amines) is 2. The molecule has 1 unspecified atom stereocenters. The van der Waals surface area contributed by atoms with Crippen LogP contribution in [0.3, 0.4) is 0 Å². The minimum absolute atomic E-state index is 0.00648. The van der Waals surface area contributed by atoms with Crippen molar-refractivity contribution in [2.24, 2.45) is 34.1 Å². The summed E-state index contributed by atoms with van der Waals surface area (Å²) >= 11 is 0. The largest absolute Gasteiger partial charge is 0.436 e. The van der Waals surface area contributed by atoms with Gasteiger partial charge < -0.3 is 31.3 Å². The Morgan fingerprint density at radius 3 is 2.33 bits per heavy atom. The van der Waals surface area contributed by atoms with Gasteiger partial charge in [0.05, 0.1) is 0 Å². The zero-order chi connectivity index (χ0) is 24.9. The molecular weight excluding hydrogens is 430 g/mol. The minimum Gasteiger partial charge on any atom is -0.436 e. The molecule has 11 nitrogen and oxygen atoms in total. The van der Waals surface area contributed by atoms with Gasteiger partial charge in [-0.15, -0.1) is 0 Å². The van der Waals surface area contributed by atoms with Crippen LogP contribution >= 0.6 is 0 Å². The van der Waals surface area contributed by atoms with Gasteiger partial charge in [-0.3, -0.25) is 19.2 Å². The number of amides is 5. The van der Waals surface area contributed by atoms with Crippen molar-refractivity contribution in [3.63, 3.8) is 0 Å². The summed E-state index contributed by atoms with van der Waals surface area (Å²) in [4.78, 5) is 65.2. The van der Waals surface area contributed by atoms with Crippen LogP contribution in [0.2, 0.25) is 0 Å². The molecule has 3 aliphatic rings. The Bertz CT molecular complexity index is 866. The number of nitrogens with zero attached hydrogens (tertiary/aromatic N) is 2. The first-order valence-corrected chi connectivity index (χ1v) is 11.3. The molecule has 1 aliphatic carbocycles. The van der Waals surface area contributed by atoms with E-state index in [0.717, 1.165) is 0 Å². The Hall–Kier alpha value is -2.85. The van der Waals surface area contributed by atoms with E-state index >= 15 is 0 Å². The van der Waals surface area contributed by atoms with Crippen molar-refractivity contribution in [1.82, 2.24) is 15.1 Å². The molecule has 184 valence electrons. The molecule has 0 aromatic heterocycles. The third-order valence-electron chi connectivity index (χ3n) is 7.24. The minimum atomic E-state index is -1.17. The van der Waals surface area contributed by atoms with Crippen LogP contribution in [0.4, 0.5) is 4.79 Å². The fourth-order valence-electron chi connectivity index (χ4n) is 5.26. The van der Waals surface area contributed by atoms with E-state index < -0.39 is 47.4 Å². The van der Waals surface area contributed by atoms with Gasteiger partial charge in [0.25, 0.3) is 5.91 Å². The molecule has 2 aliphatic heterocycles. The molecule has 5 N–H and O–H groups in total. The molecule has 5 atom stereocenters. The number of nitrogens with one attached hydrogen (secondary N) is 1. The highest BCUT2D eigenvalue weighted by Crippen LogP contribution is 2.65. The van der Waals surface area contributed by atoms with Crippen molar-refractivity contribution in [2.75, 3.05) is 19.6 Å². The fraction of sp³-hybridized carbons (Fsp3) is 0.773. The third-order valence-corrected chi connectivity index (χ3v) is 7.24. The van der Waals surface area contributed by atoms with Crippen molar-refractivity contribution in [3.8, 4) is 0 Å². The van der Waals surface area contributed by atoms with Crippen LogP contribution in [0.5, 0.6) is 0 Å². The van der Waals surface area contributed by atoms with Gasteiger partial charge in [-0.2, -0.15) is 0 Å². The average Bonchev–Trinajstić information content (AvgIpc) is 3.06. The Kier molecular flexibility index (Phi) is 6.38. The molecule has 0 spiro atoms. The average molecular weight is 466 g/mol. The van der Waals surface area contributed by atoms with E-state index in [4.69, 9.17) is 16.2 Å². The zero-order valence-corrected chi connectivity index (χ0v) is 19.9. The summed E-state index contributed by atoms with van der Waals surface area (Å²) in [7, 11) is 0. The van der Waals surface area contributed by atoms with Crippen molar-refractivity contribution >= 4 is 29.7 Å². The lowest BCUT2D eigenvalue weighted by Crippen LogP contribution is -2.59. The third kappa shape index (κ3) is 4.77. The second-order valence-electron chi connectivity index (χ2n) is 11.0. The number of hydrogen-bond acceptors (Lipinski definition) is 6. The second-order valence-corrected chi connectivity index (χ2v) is 11.0. The molecule has 0 aromatic rings. The van der Waals surface area contributed by atoms with Gasteiger partial charge in [-0.05, 0) is 23.7 Å². The molecule has 33 heavy (non-hydrogen) atoms. The van der Waals surface area contributed by atoms with Gasteiger partial charge in [0, 0.05) is 31.5 Å². The lowest BCUT2D eigenvalue weighted by molar-refractivity contribution is -0.152. The van der Waals surface area contributed by atoms with Crippen molar-refractivity contribution in [3.05, 3.63) is 0 Å². The Balaban J connectivity index is 1.81. The topological polar surface area (TPSA) is 165 Å². The van der Waals surface area contributed by atoms with Gasteiger partial charge in [-0.1, -0.05) is 34.6 Å². The summed E-state index contributed by atoms with van der Waals surface area (Å²) in [6.07, 6.45) is -1.15. The van der Waals surface area contributed by atoms with E-state index in [1.165, 1.54) is 9.80 Å². The smallest absolute Gasteiger partial charge is 0.405 e. The molecule has 3 fully saturated rings. The number of rotatable bonds is 7. The van der Waals surface area contributed by atoms with Crippen molar-refractivity contribution < 1.29 is 28.7 Å². The zero-order valence-electron chi connectivity index (χ0n) is 19.9. The number of carbonyl (C=O) groups is 5. The second kappa shape index (κ2) is 8.49. The molecule has 0 aromatic carbocycles. The highest BCUT2D eigenvalue weighted by atomic mass is 16.6. The van der Waals surface area contributed by atoms with E-state index in [1.54, 1.807) is 20.8 Å². The number of nitrogens with two attached hydrogens (primary N) is 2. The van der Waals surface area contributed by atoms with E-state index in [2.05, 4.69) is 5.32 Å². The van der Waals surface area contributed by atoms with Gasteiger partial charge >= 0.3 is 6.09 Å². The van der Waals surface area contributed by atoms with E-state index in [9.17, 15) is 24.0 Å². The Morgan fingerprint density at radius 2 is 1.85 bits per heavy atom. The molecule has 0 radical (unpaired) electrons. The molecule has 0 bridgehead atoms. The van der Waals surface area contributed by atoms with E-state index in [0.29, 0.717) is 25.9 Å². The molecule has 3 rings (SSSR count). The molecular formula is C22H35N5O6. The van der Waals surface area contributed by atoms with Gasteiger partial charge in [0.15, 0.2) is 6.10 Å². The number of fused-ring (bicyclic) bond motifs is 1. The first-order chi connectivity index (χ1) is 15.2. The van der Waals surface area contributed by atoms with E-state index in [-0.39, 0.29) is 29.7 Å². The quantitative estimate of drug-likeness (QED) is 0.461. The van der Waals surface area contributed by atoms with Crippen LogP contribution < -0.4 is 16.8 Å². The van der Waals surface area contributed by atoms with Crippen LogP contribution in [-0.2, 0) is 23.9 Å². The predicted molar refractivity (Wildman–Crippen MR) is 117 cm³/mol. The first-order valence-electron chi connectivity index (χ1n) is 11.3. The number of piperidine rings is 1. The fourth-order valence-corrected chi connectivity index (χ4v) is 5.26. The van der Waals surface area contributed by atoms with Crippen LogP contribution in [0.1, 0.15) is 47.5 Å². The van der Waals surface area contributed by atoms with Gasteiger partial charge in [0.1, 0.15) is 12.1 Å².